The van der Waals surface area contributed by atoms with Gasteiger partial charge in [-0.3, -0.25) is 19.2 Å². The molecule has 33 heavy (non-hydrogen) atoms. The van der Waals surface area contributed by atoms with E-state index in [2.05, 4.69) is 0 Å². The number of imide groups is 1. The van der Waals surface area contributed by atoms with E-state index in [0.29, 0.717) is 11.3 Å². The summed E-state index contributed by atoms with van der Waals surface area (Å²) in [6.07, 6.45) is 3.81. The van der Waals surface area contributed by atoms with Crippen LogP contribution in [0.15, 0.2) is 54.7 Å². The van der Waals surface area contributed by atoms with Crippen LogP contribution >= 0.6 is 0 Å². The number of Topliss-reactive ketones (excluding diaryl/α,β-unsaturated/α-hetero) is 2. The van der Waals surface area contributed by atoms with Crippen molar-refractivity contribution in [2.45, 2.75) is 39.8 Å². The Bertz CT molecular complexity index is 1220. The fraction of sp³-hybridized carbons (Fsp3) is 0.333. The minimum absolute atomic E-state index is 0.0565. The van der Waals surface area contributed by atoms with Gasteiger partial charge in [0.05, 0.1) is 23.6 Å². The summed E-state index contributed by atoms with van der Waals surface area (Å²) >= 11 is 0. The summed E-state index contributed by atoms with van der Waals surface area (Å²) in [6.45, 7) is 7.01. The number of carbonyl (C=O) groups excluding carboxylic acids is 4. The lowest BCUT2D eigenvalue weighted by molar-refractivity contribution is -0.135. The highest BCUT2D eigenvalue weighted by Gasteiger charge is 2.65. The zero-order chi connectivity index (χ0) is 23.7. The zero-order valence-corrected chi connectivity index (χ0v) is 19.1. The summed E-state index contributed by atoms with van der Waals surface area (Å²) < 4.78 is 0. The van der Waals surface area contributed by atoms with E-state index in [-0.39, 0.29) is 29.4 Å². The monoisotopic (exact) mass is 442 g/mol. The highest BCUT2D eigenvalue weighted by molar-refractivity contribution is 6.24. The Kier molecular flexibility index (Phi) is 4.67. The highest BCUT2D eigenvalue weighted by Crippen LogP contribution is 2.54. The number of anilines is 1. The van der Waals surface area contributed by atoms with Crippen LogP contribution in [0, 0.1) is 17.3 Å². The zero-order valence-electron chi connectivity index (χ0n) is 19.1. The van der Waals surface area contributed by atoms with Gasteiger partial charge in [0.15, 0.2) is 11.6 Å². The summed E-state index contributed by atoms with van der Waals surface area (Å²) in [7, 11) is 0. The van der Waals surface area contributed by atoms with Crippen LogP contribution in [0.1, 0.15) is 55.2 Å². The molecule has 5 rings (SSSR count). The van der Waals surface area contributed by atoms with Gasteiger partial charge in [0.25, 0.3) is 0 Å². The molecule has 2 fully saturated rings. The van der Waals surface area contributed by atoms with Crippen molar-refractivity contribution in [2.75, 3.05) is 4.90 Å². The minimum atomic E-state index is -0.766. The van der Waals surface area contributed by atoms with Gasteiger partial charge in [0.1, 0.15) is 6.04 Å². The molecule has 3 aliphatic heterocycles. The van der Waals surface area contributed by atoms with E-state index in [1.807, 2.05) is 62.2 Å². The van der Waals surface area contributed by atoms with Crippen LogP contribution in [-0.4, -0.2) is 34.3 Å². The molecule has 0 N–H and O–H groups in total. The summed E-state index contributed by atoms with van der Waals surface area (Å²) in [5.74, 6) is -2.23. The van der Waals surface area contributed by atoms with E-state index in [1.54, 1.807) is 24.3 Å². The van der Waals surface area contributed by atoms with Gasteiger partial charge in [-0.1, -0.05) is 45.0 Å². The molecule has 2 amide bonds. The Morgan fingerprint density at radius 1 is 0.879 bits per heavy atom. The molecule has 6 heteroatoms. The number of hydrogen-bond acceptors (Lipinski definition) is 5. The van der Waals surface area contributed by atoms with Crippen molar-refractivity contribution in [3.8, 4) is 0 Å². The third kappa shape index (κ3) is 3.08. The first-order valence-electron chi connectivity index (χ1n) is 11.2. The molecule has 0 aliphatic carbocycles. The van der Waals surface area contributed by atoms with Crippen LogP contribution < -0.4 is 4.90 Å². The van der Waals surface area contributed by atoms with Gasteiger partial charge in [0, 0.05) is 17.2 Å². The quantitative estimate of drug-likeness (QED) is 0.530. The van der Waals surface area contributed by atoms with Gasteiger partial charge in [-0.25, -0.2) is 4.90 Å². The molecule has 0 spiro atoms. The van der Waals surface area contributed by atoms with Gasteiger partial charge < -0.3 is 4.90 Å². The van der Waals surface area contributed by atoms with Crippen molar-refractivity contribution in [2.24, 2.45) is 17.3 Å². The maximum atomic E-state index is 13.8. The Hall–Kier alpha value is -3.54. The van der Waals surface area contributed by atoms with Gasteiger partial charge in [0.2, 0.25) is 11.8 Å². The van der Waals surface area contributed by atoms with Gasteiger partial charge in [-0.2, -0.15) is 0 Å². The van der Waals surface area contributed by atoms with Crippen LogP contribution in [-0.2, 0) is 14.4 Å². The second-order valence-electron chi connectivity index (χ2n) is 10.1. The Labute approximate surface area is 192 Å². The van der Waals surface area contributed by atoms with Crippen molar-refractivity contribution in [3.05, 3.63) is 71.4 Å². The molecule has 6 nitrogen and oxygen atoms in total. The Morgan fingerprint density at radius 2 is 1.52 bits per heavy atom. The average Bonchev–Trinajstić information content (AvgIpc) is 3.25. The largest absolute Gasteiger partial charge is 0.359 e. The maximum Gasteiger partial charge on any atom is 0.240 e. The van der Waals surface area contributed by atoms with Crippen molar-refractivity contribution >= 4 is 35.1 Å². The summed E-state index contributed by atoms with van der Waals surface area (Å²) in [4.78, 5) is 55.9. The molecule has 0 aromatic heterocycles. The fourth-order valence-electron chi connectivity index (χ4n) is 5.40. The number of nitrogens with zero attached hydrogens (tertiary/aromatic N) is 2. The van der Waals surface area contributed by atoms with Crippen molar-refractivity contribution in [1.29, 1.82) is 0 Å². The van der Waals surface area contributed by atoms with E-state index in [9.17, 15) is 19.2 Å². The highest BCUT2D eigenvalue weighted by atomic mass is 16.2. The lowest BCUT2D eigenvalue weighted by Crippen LogP contribution is -2.47. The Balaban J connectivity index is 1.63. The van der Waals surface area contributed by atoms with Crippen molar-refractivity contribution in [1.82, 2.24) is 4.90 Å². The van der Waals surface area contributed by atoms with Gasteiger partial charge >= 0.3 is 0 Å². The summed E-state index contributed by atoms with van der Waals surface area (Å²) in [6, 6.07) is 13.2. The van der Waals surface area contributed by atoms with Crippen molar-refractivity contribution < 1.29 is 19.2 Å². The molecule has 2 aromatic carbocycles. The first-order chi connectivity index (χ1) is 15.6. The number of amides is 2. The molecule has 168 valence electrons. The molecular weight excluding hydrogens is 416 g/mol. The van der Waals surface area contributed by atoms with E-state index in [1.165, 1.54) is 11.8 Å². The smallest absolute Gasteiger partial charge is 0.240 e. The molecule has 0 saturated carbocycles. The number of ketones is 2. The topological polar surface area (TPSA) is 74.8 Å². The third-order valence-electron chi connectivity index (χ3n) is 7.00. The number of fused-ring (bicyclic) bond motifs is 5. The predicted octanol–water partition coefficient (Wildman–Crippen LogP) is 4.02. The van der Waals surface area contributed by atoms with E-state index >= 15 is 0 Å². The molecule has 2 aromatic rings. The molecule has 1 unspecified atom stereocenters. The number of benzene rings is 2. The fourth-order valence-corrected chi connectivity index (χ4v) is 5.40. The summed E-state index contributed by atoms with van der Waals surface area (Å²) in [5.41, 5.74) is 2.21. The normalized spacial score (nSPS) is 25.7. The van der Waals surface area contributed by atoms with Crippen LogP contribution in [0.3, 0.4) is 0 Å². The van der Waals surface area contributed by atoms with Crippen molar-refractivity contribution in [3.63, 3.8) is 0 Å². The second kappa shape index (κ2) is 7.24. The summed E-state index contributed by atoms with van der Waals surface area (Å²) in [5, 5.41) is 0. The number of carbonyl (C=O) groups is 4. The van der Waals surface area contributed by atoms with Gasteiger partial charge in [-0.05, 0) is 48.4 Å². The molecular formula is C27H26N2O4. The minimum Gasteiger partial charge on any atom is -0.359 e. The lowest BCUT2D eigenvalue weighted by atomic mass is 9.79. The molecule has 0 radical (unpaired) electrons. The van der Waals surface area contributed by atoms with E-state index < -0.39 is 23.3 Å². The average molecular weight is 443 g/mol. The van der Waals surface area contributed by atoms with Crippen LogP contribution in [0.4, 0.5) is 5.69 Å². The van der Waals surface area contributed by atoms with E-state index in [4.69, 9.17) is 0 Å². The first kappa shape index (κ1) is 21.3. The SMILES string of the molecule is CC(=O)c1ccc(N2C(=O)[C@@H]3[C@H](C2=O)C2c4ccccc4C=CN2[C@@H]3C(=O)C(C)(C)C)cc1. The maximum absolute atomic E-state index is 13.8. The lowest BCUT2D eigenvalue weighted by Gasteiger charge is -2.37. The molecule has 2 saturated heterocycles. The first-order valence-corrected chi connectivity index (χ1v) is 11.2. The number of hydrogen-bond donors (Lipinski definition) is 0. The van der Waals surface area contributed by atoms with Crippen LogP contribution in [0.2, 0.25) is 0 Å². The number of rotatable bonds is 3. The molecule has 3 aliphatic rings. The molecule has 0 bridgehead atoms. The standard InChI is InChI=1S/C27H26N2O4/c1-15(30)16-9-11-18(12-10-16)29-25(32)20-21(26(29)33)23(24(31)27(2,3)4)28-14-13-17-7-5-6-8-19(17)22(20)28/h5-14,20-23H,1-4H3/t20-,21+,22?,23-/m0/s1. The van der Waals surface area contributed by atoms with Crippen LogP contribution in [0.5, 0.6) is 0 Å². The van der Waals surface area contributed by atoms with Crippen LogP contribution in [0.25, 0.3) is 6.08 Å². The molecule has 3 heterocycles. The van der Waals surface area contributed by atoms with E-state index in [0.717, 1.165) is 11.1 Å². The Morgan fingerprint density at radius 3 is 2.15 bits per heavy atom. The van der Waals surface area contributed by atoms with Gasteiger partial charge in [-0.15, -0.1) is 0 Å². The predicted molar refractivity (Wildman–Crippen MR) is 124 cm³/mol. The second-order valence-corrected chi connectivity index (χ2v) is 10.1. The molecule has 4 atom stereocenters. The third-order valence-corrected chi connectivity index (χ3v) is 7.00.